The lowest BCUT2D eigenvalue weighted by molar-refractivity contribution is 0.210. The second-order valence-electron chi connectivity index (χ2n) is 4.73. The minimum atomic E-state index is 0.629. The van der Waals surface area contributed by atoms with Crippen LogP contribution in [0.1, 0.15) is 0 Å². The molecule has 0 atom stereocenters. The summed E-state index contributed by atoms with van der Waals surface area (Å²) in [6.45, 7) is 1.34. The van der Waals surface area contributed by atoms with Gasteiger partial charge in [-0.15, -0.1) is 5.10 Å². The quantitative estimate of drug-likeness (QED) is 0.670. The van der Waals surface area contributed by atoms with Crippen molar-refractivity contribution in [2.45, 2.75) is 0 Å². The molecule has 23 heavy (non-hydrogen) atoms. The van der Waals surface area contributed by atoms with E-state index in [1.54, 1.807) is 27.5 Å². The Morgan fingerprint density at radius 3 is 2.74 bits per heavy atom. The van der Waals surface area contributed by atoms with Crippen LogP contribution < -0.4 is 14.8 Å². The van der Waals surface area contributed by atoms with E-state index in [-0.39, 0.29) is 0 Å². The van der Waals surface area contributed by atoms with Gasteiger partial charge in [0.15, 0.2) is 11.5 Å². The molecule has 0 aliphatic heterocycles. The number of ether oxygens (including phenoxy) is 3. The van der Waals surface area contributed by atoms with Gasteiger partial charge in [-0.1, -0.05) is 11.3 Å². The fourth-order valence-electron chi connectivity index (χ4n) is 2.22. The molecule has 0 unspecified atom stereocenters. The van der Waals surface area contributed by atoms with Crippen LogP contribution in [0.25, 0.3) is 16.2 Å². The molecule has 3 aromatic rings. The summed E-state index contributed by atoms with van der Waals surface area (Å²) in [6, 6.07) is 5.75. The zero-order chi connectivity index (χ0) is 16.2. The maximum atomic E-state index is 5.36. The summed E-state index contributed by atoms with van der Waals surface area (Å²) < 4.78 is 17.5. The van der Waals surface area contributed by atoms with Crippen LogP contribution in [-0.4, -0.2) is 49.1 Å². The number of hydrogen-bond donors (Lipinski definition) is 1. The summed E-state index contributed by atoms with van der Waals surface area (Å²) in [6.07, 6.45) is 1.80. The van der Waals surface area contributed by atoms with Crippen LogP contribution in [0.5, 0.6) is 11.5 Å². The fraction of sp³-hybridized carbons (Fsp3) is 0.333. The fourth-order valence-corrected chi connectivity index (χ4v) is 3.02. The van der Waals surface area contributed by atoms with E-state index in [9.17, 15) is 0 Å². The first-order valence-electron chi connectivity index (χ1n) is 7.06. The van der Waals surface area contributed by atoms with Gasteiger partial charge in [-0.05, 0) is 18.2 Å². The predicted molar refractivity (Wildman–Crippen MR) is 89.8 cm³/mol. The predicted octanol–water partition coefficient (Wildman–Crippen LogP) is 2.53. The van der Waals surface area contributed by atoms with E-state index in [1.165, 1.54) is 11.3 Å². The van der Waals surface area contributed by atoms with Crippen molar-refractivity contribution in [2.75, 3.05) is 39.8 Å². The molecule has 0 amide bonds. The number of fused-ring (bicyclic) bond motifs is 1. The van der Waals surface area contributed by atoms with Gasteiger partial charge in [0, 0.05) is 19.2 Å². The molecule has 2 aromatic heterocycles. The number of anilines is 1. The molecular weight excluding hydrogens is 316 g/mol. The molecule has 7 nitrogen and oxygen atoms in total. The van der Waals surface area contributed by atoms with E-state index in [0.717, 1.165) is 21.3 Å². The van der Waals surface area contributed by atoms with Gasteiger partial charge in [0.1, 0.15) is 0 Å². The Morgan fingerprint density at radius 1 is 1.17 bits per heavy atom. The van der Waals surface area contributed by atoms with Gasteiger partial charge in [0.05, 0.1) is 32.7 Å². The van der Waals surface area contributed by atoms with Crippen molar-refractivity contribution in [3.8, 4) is 22.8 Å². The van der Waals surface area contributed by atoms with Crippen LogP contribution in [0.2, 0.25) is 0 Å². The number of methoxy groups -OCH3 is 3. The number of imidazole rings is 1. The Kier molecular flexibility index (Phi) is 4.63. The van der Waals surface area contributed by atoms with E-state index in [2.05, 4.69) is 15.4 Å². The molecule has 0 fully saturated rings. The van der Waals surface area contributed by atoms with Gasteiger partial charge in [-0.25, -0.2) is 9.50 Å². The Labute approximate surface area is 137 Å². The van der Waals surface area contributed by atoms with Crippen LogP contribution in [0.15, 0.2) is 24.4 Å². The SMILES string of the molecule is COCCNc1nn2c(-c3ccc(OC)c(OC)c3)cnc2s1. The summed E-state index contributed by atoms with van der Waals surface area (Å²) in [5, 5.41) is 8.58. The molecule has 0 spiro atoms. The van der Waals surface area contributed by atoms with Crippen molar-refractivity contribution in [3.05, 3.63) is 24.4 Å². The second-order valence-corrected chi connectivity index (χ2v) is 5.69. The normalized spacial score (nSPS) is 10.9. The lowest BCUT2D eigenvalue weighted by atomic mass is 10.1. The molecule has 122 valence electrons. The molecule has 3 rings (SSSR count). The van der Waals surface area contributed by atoms with E-state index in [0.29, 0.717) is 24.7 Å². The number of benzene rings is 1. The molecule has 0 aliphatic carbocycles. The van der Waals surface area contributed by atoms with Gasteiger partial charge in [0.25, 0.3) is 0 Å². The molecule has 0 radical (unpaired) electrons. The standard InChI is InChI=1S/C15H18N4O3S/c1-20-7-6-16-14-18-19-11(9-17-15(19)23-14)10-4-5-12(21-2)13(8-10)22-3/h4-5,8-9H,6-7H2,1-3H3,(H,16,18). The van der Waals surface area contributed by atoms with Crippen LogP contribution in [-0.2, 0) is 4.74 Å². The Bertz CT molecular complexity index is 799. The molecule has 0 aliphatic rings. The smallest absolute Gasteiger partial charge is 0.214 e. The van der Waals surface area contributed by atoms with Gasteiger partial charge >= 0.3 is 0 Å². The van der Waals surface area contributed by atoms with Crippen molar-refractivity contribution in [1.82, 2.24) is 14.6 Å². The molecule has 2 heterocycles. The third kappa shape index (κ3) is 3.08. The van der Waals surface area contributed by atoms with Crippen LogP contribution in [0, 0.1) is 0 Å². The average Bonchev–Trinajstić information content (AvgIpc) is 3.14. The van der Waals surface area contributed by atoms with Gasteiger partial charge in [0.2, 0.25) is 10.1 Å². The lowest BCUT2D eigenvalue weighted by Gasteiger charge is -2.08. The Morgan fingerprint density at radius 2 is 2.00 bits per heavy atom. The van der Waals surface area contributed by atoms with Crippen molar-refractivity contribution in [2.24, 2.45) is 0 Å². The van der Waals surface area contributed by atoms with Gasteiger partial charge in [-0.3, -0.25) is 0 Å². The molecule has 0 saturated heterocycles. The highest BCUT2D eigenvalue weighted by Crippen LogP contribution is 2.33. The first-order chi connectivity index (χ1) is 11.3. The summed E-state index contributed by atoms with van der Waals surface area (Å²) in [7, 11) is 4.91. The first-order valence-corrected chi connectivity index (χ1v) is 7.88. The highest BCUT2D eigenvalue weighted by molar-refractivity contribution is 7.20. The molecule has 1 N–H and O–H groups in total. The van der Waals surface area contributed by atoms with Crippen LogP contribution in [0.4, 0.5) is 5.13 Å². The summed E-state index contributed by atoms with van der Waals surface area (Å²) in [5.41, 5.74) is 1.86. The third-order valence-electron chi connectivity index (χ3n) is 3.35. The first kappa shape index (κ1) is 15.6. The van der Waals surface area contributed by atoms with Crippen LogP contribution in [0.3, 0.4) is 0 Å². The van der Waals surface area contributed by atoms with Gasteiger partial charge in [-0.2, -0.15) is 0 Å². The zero-order valence-corrected chi connectivity index (χ0v) is 14.0. The van der Waals surface area contributed by atoms with E-state index in [1.807, 2.05) is 22.7 Å². The third-order valence-corrected chi connectivity index (χ3v) is 4.23. The molecule has 8 heteroatoms. The van der Waals surface area contributed by atoms with Gasteiger partial charge < -0.3 is 19.5 Å². The van der Waals surface area contributed by atoms with Crippen molar-refractivity contribution in [3.63, 3.8) is 0 Å². The number of rotatable bonds is 7. The van der Waals surface area contributed by atoms with E-state index in [4.69, 9.17) is 14.2 Å². The minimum Gasteiger partial charge on any atom is -0.493 e. The minimum absolute atomic E-state index is 0.629. The lowest BCUT2D eigenvalue weighted by Crippen LogP contribution is -2.07. The van der Waals surface area contributed by atoms with E-state index < -0.39 is 0 Å². The molecular formula is C15H18N4O3S. The summed E-state index contributed by atoms with van der Waals surface area (Å²) in [5.74, 6) is 1.37. The number of nitrogens with one attached hydrogen (secondary N) is 1. The van der Waals surface area contributed by atoms with E-state index >= 15 is 0 Å². The maximum Gasteiger partial charge on any atom is 0.214 e. The summed E-state index contributed by atoms with van der Waals surface area (Å²) in [4.78, 5) is 5.25. The van der Waals surface area contributed by atoms with Crippen molar-refractivity contribution in [1.29, 1.82) is 0 Å². The monoisotopic (exact) mass is 334 g/mol. The average molecular weight is 334 g/mol. The number of aromatic nitrogens is 3. The van der Waals surface area contributed by atoms with Crippen LogP contribution >= 0.6 is 11.3 Å². The topological polar surface area (TPSA) is 69.9 Å². The number of hydrogen-bond acceptors (Lipinski definition) is 7. The van der Waals surface area contributed by atoms with Crippen molar-refractivity contribution >= 4 is 21.4 Å². The summed E-state index contributed by atoms with van der Waals surface area (Å²) >= 11 is 1.50. The Hall–Kier alpha value is -2.32. The highest BCUT2D eigenvalue weighted by Gasteiger charge is 2.13. The second kappa shape index (κ2) is 6.84. The largest absolute Gasteiger partial charge is 0.493 e. The molecule has 1 aromatic carbocycles. The Balaban J connectivity index is 1.93. The molecule has 0 bridgehead atoms. The molecule has 0 saturated carbocycles. The van der Waals surface area contributed by atoms with Crippen molar-refractivity contribution < 1.29 is 14.2 Å². The zero-order valence-electron chi connectivity index (χ0n) is 13.2. The maximum absolute atomic E-state index is 5.36. The number of nitrogens with zero attached hydrogens (tertiary/aromatic N) is 3. The highest BCUT2D eigenvalue weighted by atomic mass is 32.1.